The number of aryl methyl sites for hydroxylation is 1. The van der Waals surface area contributed by atoms with Crippen molar-refractivity contribution in [3.63, 3.8) is 0 Å². The van der Waals surface area contributed by atoms with Crippen LogP contribution in [-0.2, 0) is 32.1 Å². The van der Waals surface area contributed by atoms with Crippen LogP contribution < -0.4 is 0 Å². The Hall–Kier alpha value is -3.68. The van der Waals surface area contributed by atoms with Gasteiger partial charge in [0.15, 0.2) is 0 Å². The smallest absolute Gasteiger partial charge is 0.330 e. The summed E-state index contributed by atoms with van der Waals surface area (Å²) in [5.41, 5.74) is 2.16. The molecule has 4 rings (SSSR count). The Bertz CT molecular complexity index is 1050. The van der Waals surface area contributed by atoms with E-state index in [1.54, 1.807) is 4.90 Å². The van der Waals surface area contributed by atoms with Crippen LogP contribution in [0.25, 0.3) is 0 Å². The van der Waals surface area contributed by atoms with E-state index >= 15 is 0 Å². The molecule has 2 aromatic carbocycles. The third-order valence-corrected chi connectivity index (χ3v) is 6.75. The van der Waals surface area contributed by atoms with Crippen molar-refractivity contribution >= 4 is 23.8 Å². The lowest BCUT2D eigenvalue weighted by Crippen LogP contribution is -2.64. The van der Waals surface area contributed by atoms with E-state index in [-0.39, 0.29) is 24.8 Å². The normalized spacial score (nSPS) is 17.5. The molecule has 1 unspecified atom stereocenters. The molecule has 8 heteroatoms. The molecular weight excluding hydrogens is 458 g/mol. The molecule has 0 aromatic heterocycles. The van der Waals surface area contributed by atoms with E-state index in [2.05, 4.69) is 12.1 Å². The van der Waals surface area contributed by atoms with Crippen molar-refractivity contribution in [1.29, 1.82) is 0 Å². The molecule has 0 bridgehead atoms. The molecule has 1 atom stereocenters. The van der Waals surface area contributed by atoms with Crippen LogP contribution in [0.5, 0.6) is 0 Å². The fraction of sp³-hybridized carbons (Fsp3) is 0.429. The summed E-state index contributed by atoms with van der Waals surface area (Å²) in [6.45, 7) is 1.64. The molecule has 2 heterocycles. The Morgan fingerprint density at radius 1 is 0.778 bits per heavy atom. The van der Waals surface area contributed by atoms with Gasteiger partial charge in [-0.3, -0.25) is 9.59 Å². The van der Waals surface area contributed by atoms with Gasteiger partial charge in [-0.25, -0.2) is 14.5 Å². The number of benzene rings is 2. The van der Waals surface area contributed by atoms with Gasteiger partial charge in [-0.05, 0) is 30.4 Å². The second-order valence-corrected chi connectivity index (χ2v) is 9.27. The maximum atomic E-state index is 12.9. The van der Waals surface area contributed by atoms with Gasteiger partial charge in [0.05, 0.1) is 6.42 Å². The number of β-lactam (4-membered cyclic amide) rings is 1. The number of urea groups is 1. The monoisotopic (exact) mass is 491 g/mol. The van der Waals surface area contributed by atoms with Crippen LogP contribution in [0.3, 0.4) is 0 Å². The fourth-order valence-electron chi connectivity index (χ4n) is 4.55. The molecule has 2 saturated heterocycles. The first-order valence-electron chi connectivity index (χ1n) is 12.7. The molecule has 2 fully saturated rings. The number of amides is 4. The molecule has 4 amide bonds. The maximum absolute atomic E-state index is 12.9. The highest BCUT2D eigenvalue weighted by molar-refractivity contribution is 6.06. The predicted molar refractivity (Wildman–Crippen MR) is 134 cm³/mol. The number of nitrogens with zero attached hydrogens (tertiary/aromatic N) is 3. The summed E-state index contributed by atoms with van der Waals surface area (Å²) < 4.78 is 5.32. The topological polar surface area (TPSA) is 87.2 Å². The third-order valence-electron chi connectivity index (χ3n) is 6.75. The number of carbonyl (C=O) groups is 4. The highest BCUT2D eigenvalue weighted by atomic mass is 16.5. The second kappa shape index (κ2) is 12.3. The van der Waals surface area contributed by atoms with Crippen molar-refractivity contribution in [2.75, 3.05) is 26.2 Å². The van der Waals surface area contributed by atoms with Crippen molar-refractivity contribution in [3.05, 3.63) is 71.8 Å². The van der Waals surface area contributed by atoms with Crippen LogP contribution in [0, 0.1) is 0 Å². The molecule has 0 spiro atoms. The minimum atomic E-state index is -0.885. The van der Waals surface area contributed by atoms with Crippen molar-refractivity contribution in [2.45, 2.75) is 51.2 Å². The first-order chi connectivity index (χ1) is 17.5. The number of ether oxygens (including phenoxy) is 1. The van der Waals surface area contributed by atoms with Gasteiger partial charge in [-0.2, -0.15) is 0 Å². The average Bonchev–Trinajstić information content (AvgIpc) is 2.91. The molecular formula is C28H33N3O5. The van der Waals surface area contributed by atoms with Gasteiger partial charge in [0.1, 0.15) is 12.6 Å². The molecule has 36 heavy (non-hydrogen) atoms. The number of carbonyl (C=O) groups excluding carboxylic acids is 4. The molecule has 0 aliphatic carbocycles. The zero-order valence-electron chi connectivity index (χ0n) is 20.5. The van der Waals surface area contributed by atoms with Gasteiger partial charge in [0, 0.05) is 32.6 Å². The number of imide groups is 1. The van der Waals surface area contributed by atoms with E-state index in [4.69, 9.17) is 4.74 Å². The van der Waals surface area contributed by atoms with Gasteiger partial charge < -0.3 is 14.5 Å². The van der Waals surface area contributed by atoms with E-state index in [0.717, 1.165) is 36.1 Å². The zero-order chi connectivity index (χ0) is 25.3. The maximum Gasteiger partial charge on any atom is 0.330 e. The van der Waals surface area contributed by atoms with Crippen molar-refractivity contribution < 1.29 is 23.9 Å². The quantitative estimate of drug-likeness (QED) is 0.305. The summed E-state index contributed by atoms with van der Waals surface area (Å²) in [5.74, 6) is -0.854. The van der Waals surface area contributed by atoms with Crippen LogP contribution in [0.15, 0.2) is 60.7 Å². The first kappa shape index (κ1) is 25.4. The van der Waals surface area contributed by atoms with Gasteiger partial charge in [-0.1, -0.05) is 67.1 Å². The summed E-state index contributed by atoms with van der Waals surface area (Å²) >= 11 is 0. The average molecular weight is 492 g/mol. The molecule has 2 aliphatic rings. The van der Waals surface area contributed by atoms with Gasteiger partial charge in [0.2, 0.25) is 11.8 Å². The highest BCUT2D eigenvalue weighted by Crippen LogP contribution is 2.24. The van der Waals surface area contributed by atoms with E-state index in [9.17, 15) is 19.2 Å². The fourth-order valence-corrected chi connectivity index (χ4v) is 4.55. The van der Waals surface area contributed by atoms with E-state index in [1.807, 2.05) is 48.5 Å². The third kappa shape index (κ3) is 6.50. The number of esters is 1. The molecule has 190 valence electrons. The van der Waals surface area contributed by atoms with Crippen LogP contribution in [0.2, 0.25) is 0 Å². The Balaban J connectivity index is 1.16. The predicted octanol–water partition coefficient (Wildman–Crippen LogP) is 3.40. The highest BCUT2D eigenvalue weighted by Gasteiger charge is 2.48. The molecule has 0 saturated carbocycles. The van der Waals surface area contributed by atoms with Crippen LogP contribution in [0.4, 0.5) is 4.79 Å². The number of hydrogen-bond donors (Lipinski definition) is 0. The molecule has 0 N–H and O–H groups in total. The van der Waals surface area contributed by atoms with Crippen LogP contribution >= 0.6 is 0 Å². The van der Waals surface area contributed by atoms with Crippen LogP contribution in [0.1, 0.15) is 43.2 Å². The lowest BCUT2D eigenvalue weighted by atomic mass is 10.0. The summed E-state index contributed by atoms with van der Waals surface area (Å²) in [6, 6.07) is 18.2. The Kier molecular flexibility index (Phi) is 8.71. The van der Waals surface area contributed by atoms with Gasteiger partial charge in [0.25, 0.3) is 0 Å². The number of rotatable bonds is 9. The molecule has 0 radical (unpaired) electrons. The Labute approximate surface area is 211 Å². The number of likely N-dealkylation sites (tertiary alicyclic amines) is 1. The number of unbranched alkanes of at least 4 members (excludes halogenated alkanes) is 2. The summed E-state index contributed by atoms with van der Waals surface area (Å²) in [5, 5.41) is 0. The lowest BCUT2D eigenvalue weighted by molar-refractivity contribution is -0.163. The van der Waals surface area contributed by atoms with Crippen LogP contribution in [-0.4, -0.2) is 70.7 Å². The second-order valence-electron chi connectivity index (χ2n) is 9.27. The number of piperazine rings is 1. The van der Waals surface area contributed by atoms with Crippen molar-refractivity contribution in [1.82, 2.24) is 14.7 Å². The van der Waals surface area contributed by atoms with Crippen molar-refractivity contribution in [3.8, 4) is 0 Å². The Morgan fingerprint density at radius 2 is 1.39 bits per heavy atom. The zero-order valence-corrected chi connectivity index (χ0v) is 20.5. The van der Waals surface area contributed by atoms with Gasteiger partial charge in [-0.15, -0.1) is 0 Å². The molecule has 2 aliphatic heterocycles. The standard InChI is InChI=1S/C28H33N3O5/c32-25(15-9-3-6-12-22-10-4-1-5-11-22)29-16-18-30(19-17-29)28(35)31-24(20-26(31)33)27(34)36-21-23-13-7-2-8-14-23/h1-2,4-5,7-8,10-11,13-14,24H,3,6,9,12,15-21H2. The largest absolute Gasteiger partial charge is 0.459 e. The molecule has 2 aromatic rings. The lowest BCUT2D eigenvalue weighted by Gasteiger charge is -2.42. The Morgan fingerprint density at radius 3 is 2.03 bits per heavy atom. The van der Waals surface area contributed by atoms with Gasteiger partial charge >= 0.3 is 12.0 Å². The first-order valence-corrected chi connectivity index (χ1v) is 12.7. The minimum Gasteiger partial charge on any atom is -0.459 e. The summed E-state index contributed by atoms with van der Waals surface area (Å²) in [4.78, 5) is 54.5. The SMILES string of the molecule is O=C(OCc1ccccc1)C1CC(=O)N1C(=O)N1CCN(C(=O)CCCCCc2ccccc2)CC1. The van der Waals surface area contributed by atoms with Crippen molar-refractivity contribution in [2.24, 2.45) is 0 Å². The summed E-state index contributed by atoms with van der Waals surface area (Å²) in [7, 11) is 0. The minimum absolute atomic E-state index is 0.0257. The van der Waals surface area contributed by atoms with E-state index in [1.165, 1.54) is 10.5 Å². The number of hydrogen-bond acceptors (Lipinski definition) is 5. The summed E-state index contributed by atoms with van der Waals surface area (Å²) in [6.07, 6.45) is 4.40. The van der Waals surface area contributed by atoms with E-state index in [0.29, 0.717) is 32.6 Å². The molecule has 8 nitrogen and oxygen atoms in total. The van der Waals surface area contributed by atoms with E-state index < -0.39 is 18.0 Å².